The summed E-state index contributed by atoms with van der Waals surface area (Å²) in [6.45, 7) is 1.94. The van der Waals surface area contributed by atoms with Gasteiger partial charge in [-0.05, 0) is 49.4 Å². The molecule has 7 heteroatoms. The van der Waals surface area contributed by atoms with Gasteiger partial charge < -0.3 is 4.74 Å². The third kappa shape index (κ3) is 5.11. The molecule has 0 saturated heterocycles. The number of ether oxygens (including phenoxy) is 1. The van der Waals surface area contributed by atoms with E-state index in [9.17, 15) is 9.59 Å². The van der Waals surface area contributed by atoms with Gasteiger partial charge in [0, 0.05) is 28.0 Å². The molecule has 1 heterocycles. The van der Waals surface area contributed by atoms with Gasteiger partial charge in [-0.3, -0.25) is 9.78 Å². The van der Waals surface area contributed by atoms with Crippen molar-refractivity contribution in [2.45, 2.75) is 6.92 Å². The van der Waals surface area contributed by atoms with Gasteiger partial charge in [0.1, 0.15) is 5.75 Å². The molecular formula is C21H16BrN3O3. The van der Waals surface area contributed by atoms with Crippen molar-refractivity contribution >= 4 is 34.0 Å². The van der Waals surface area contributed by atoms with E-state index in [2.05, 4.69) is 31.4 Å². The number of pyridine rings is 1. The van der Waals surface area contributed by atoms with Gasteiger partial charge in [0.25, 0.3) is 5.91 Å². The molecule has 28 heavy (non-hydrogen) atoms. The SMILES string of the molecule is Cc1ccc(C(=O)Oc2ccc(Br)cc2/C=N/NC(=O)c2ccncc2)cc1. The number of amides is 1. The van der Waals surface area contributed by atoms with Gasteiger partial charge in [0.2, 0.25) is 0 Å². The van der Waals surface area contributed by atoms with E-state index in [-0.39, 0.29) is 5.91 Å². The smallest absolute Gasteiger partial charge is 0.343 e. The number of rotatable bonds is 5. The molecule has 2 aromatic carbocycles. The van der Waals surface area contributed by atoms with Crippen LogP contribution in [0.3, 0.4) is 0 Å². The molecule has 6 nitrogen and oxygen atoms in total. The molecular weight excluding hydrogens is 422 g/mol. The number of halogens is 1. The molecule has 0 saturated carbocycles. The lowest BCUT2D eigenvalue weighted by molar-refractivity contribution is 0.0734. The largest absolute Gasteiger partial charge is 0.422 e. The molecule has 1 aromatic heterocycles. The molecule has 0 spiro atoms. The van der Waals surface area contributed by atoms with E-state index >= 15 is 0 Å². The number of esters is 1. The van der Waals surface area contributed by atoms with E-state index in [4.69, 9.17) is 4.74 Å². The van der Waals surface area contributed by atoms with Crippen LogP contribution in [0.15, 0.2) is 76.6 Å². The average molecular weight is 438 g/mol. The van der Waals surface area contributed by atoms with Crippen LogP contribution in [0, 0.1) is 6.92 Å². The van der Waals surface area contributed by atoms with Gasteiger partial charge >= 0.3 is 5.97 Å². The molecule has 0 aliphatic rings. The Bertz CT molecular complexity index is 1020. The highest BCUT2D eigenvalue weighted by molar-refractivity contribution is 9.10. The van der Waals surface area contributed by atoms with Crippen LogP contribution in [0.1, 0.15) is 31.8 Å². The van der Waals surface area contributed by atoms with Crippen LogP contribution in [-0.2, 0) is 0 Å². The topological polar surface area (TPSA) is 80.6 Å². The van der Waals surface area contributed by atoms with Gasteiger partial charge in [-0.15, -0.1) is 0 Å². The maximum atomic E-state index is 12.4. The Hall–Kier alpha value is -3.32. The fraction of sp³-hybridized carbons (Fsp3) is 0.0476. The number of hydrazone groups is 1. The quantitative estimate of drug-likeness (QED) is 0.281. The van der Waals surface area contributed by atoms with Crippen LogP contribution in [0.5, 0.6) is 5.75 Å². The molecule has 0 aliphatic carbocycles. The first-order valence-electron chi connectivity index (χ1n) is 8.35. The number of carbonyl (C=O) groups excluding carboxylic acids is 2. The number of hydrogen-bond acceptors (Lipinski definition) is 5. The van der Waals surface area contributed by atoms with Crippen molar-refractivity contribution in [1.29, 1.82) is 0 Å². The molecule has 0 atom stereocenters. The Kier molecular flexibility index (Phi) is 6.29. The van der Waals surface area contributed by atoms with Gasteiger partial charge in [-0.25, -0.2) is 10.2 Å². The third-order valence-electron chi connectivity index (χ3n) is 3.77. The summed E-state index contributed by atoms with van der Waals surface area (Å²) in [7, 11) is 0. The molecule has 0 aliphatic heterocycles. The van der Waals surface area contributed by atoms with E-state index in [1.54, 1.807) is 42.5 Å². The Labute approximate surface area is 170 Å². The normalized spacial score (nSPS) is 10.6. The van der Waals surface area contributed by atoms with E-state index < -0.39 is 5.97 Å². The molecule has 0 bridgehead atoms. The third-order valence-corrected chi connectivity index (χ3v) is 4.27. The van der Waals surface area contributed by atoms with Crippen LogP contribution in [-0.4, -0.2) is 23.1 Å². The zero-order chi connectivity index (χ0) is 19.9. The lowest BCUT2D eigenvalue weighted by Crippen LogP contribution is -2.17. The first kappa shape index (κ1) is 19.4. The highest BCUT2D eigenvalue weighted by atomic mass is 79.9. The second kappa shape index (κ2) is 9.05. The van der Waals surface area contributed by atoms with Gasteiger partial charge in [-0.1, -0.05) is 33.6 Å². The summed E-state index contributed by atoms with van der Waals surface area (Å²) in [5.74, 6) is -0.514. The zero-order valence-corrected chi connectivity index (χ0v) is 16.5. The van der Waals surface area contributed by atoms with Gasteiger partial charge in [-0.2, -0.15) is 5.10 Å². The van der Waals surface area contributed by atoms with Crippen molar-refractivity contribution < 1.29 is 14.3 Å². The monoisotopic (exact) mass is 437 g/mol. The van der Waals surface area contributed by atoms with Crippen molar-refractivity contribution in [3.8, 4) is 5.75 Å². The Morgan fingerprint density at radius 1 is 1.04 bits per heavy atom. The summed E-state index contributed by atoms with van der Waals surface area (Å²) in [6, 6.07) is 15.4. The Morgan fingerprint density at radius 2 is 1.75 bits per heavy atom. The number of hydrogen-bond donors (Lipinski definition) is 1. The number of nitrogens with zero attached hydrogens (tertiary/aromatic N) is 2. The Morgan fingerprint density at radius 3 is 2.46 bits per heavy atom. The maximum Gasteiger partial charge on any atom is 0.343 e. The highest BCUT2D eigenvalue weighted by Crippen LogP contribution is 2.23. The summed E-state index contributed by atoms with van der Waals surface area (Å²) in [5, 5.41) is 3.95. The summed E-state index contributed by atoms with van der Waals surface area (Å²) < 4.78 is 6.28. The van der Waals surface area contributed by atoms with Crippen molar-refractivity contribution in [3.05, 3.63) is 93.7 Å². The number of benzene rings is 2. The maximum absolute atomic E-state index is 12.4. The summed E-state index contributed by atoms with van der Waals surface area (Å²) in [4.78, 5) is 28.3. The predicted octanol–water partition coefficient (Wildman–Crippen LogP) is 4.14. The van der Waals surface area contributed by atoms with Crippen molar-refractivity contribution in [2.24, 2.45) is 5.10 Å². The van der Waals surface area contributed by atoms with Gasteiger partial charge in [0.15, 0.2) is 0 Å². The van der Waals surface area contributed by atoms with Crippen LogP contribution >= 0.6 is 15.9 Å². The predicted molar refractivity (Wildman–Crippen MR) is 110 cm³/mol. The first-order valence-corrected chi connectivity index (χ1v) is 9.14. The molecule has 0 unspecified atom stereocenters. The van der Waals surface area contributed by atoms with Crippen LogP contribution < -0.4 is 10.2 Å². The number of carbonyl (C=O) groups is 2. The minimum atomic E-state index is -0.474. The zero-order valence-electron chi connectivity index (χ0n) is 14.9. The second-order valence-corrected chi connectivity index (χ2v) is 6.79. The van der Waals surface area contributed by atoms with E-state index in [1.165, 1.54) is 18.6 Å². The van der Waals surface area contributed by atoms with Crippen LogP contribution in [0.25, 0.3) is 0 Å². The minimum absolute atomic E-state index is 0.329. The van der Waals surface area contributed by atoms with Crippen LogP contribution in [0.4, 0.5) is 0 Å². The van der Waals surface area contributed by atoms with E-state index in [0.29, 0.717) is 22.4 Å². The summed E-state index contributed by atoms with van der Waals surface area (Å²) in [5.41, 5.74) is 4.90. The standard InChI is InChI=1S/C21H16BrN3O3/c1-14-2-4-16(5-3-14)21(27)28-19-7-6-18(22)12-17(19)13-24-25-20(26)15-8-10-23-11-9-15/h2-13H,1H3,(H,25,26)/b24-13+. The fourth-order valence-electron chi connectivity index (χ4n) is 2.29. The average Bonchev–Trinajstić information content (AvgIpc) is 2.71. The molecule has 3 rings (SSSR count). The van der Waals surface area contributed by atoms with E-state index in [0.717, 1.165) is 10.0 Å². The molecule has 140 valence electrons. The lowest BCUT2D eigenvalue weighted by atomic mass is 10.1. The fourth-order valence-corrected chi connectivity index (χ4v) is 2.67. The summed E-state index contributed by atoms with van der Waals surface area (Å²) in [6.07, 6.45) is 4.47. The Balaban J connectivity index is 1.74. The molecule has 0 fully saturated rings. The highest BCUT2D eigenvalue weighted by Gasteiger charge is 2.11. The number of aromatic nitrogens is 1. The van der Waals surface area contributed by atoms with Crippen molar-refractivity contribution in [2.75, 3.05) is 0 Å². The minimum Gasteiger partial charge on any atom is -0.422 e. The number of nitrogens with one attached hydrogen (secondary N) is 1. The molecule has 1 amide bonds. The van der Waals surface area contributed by atoms with Gasteiger partial charge in [0.05, 0.1) is 11.8 Å². The van der Waals surface area contributed by atoms with Crippen molar-refractivity contribution in [3.63, 3.8) is 0 Å². The molecule has 0 radical (unpaired) electrons. The number of aryl methyl sites for hydroxylation is 1. The van der Waals surface area contributed by atoms with Crippen LogP contribution in [0.2, 0.25) is 0 Å². The molecule has 3 aromatic rings. The first-order chi connectivity index (χ1) is 13.5. The second-order valence-electron chi connectivity index (χ2n) is 5.87. The molecule has 1 N–H and O–H groups in total. The lowest BCUT2D eigenvalue weighted by Gasteiger charge is -2.08. The van der Waals surface area contributed by atoms with E-state index in [1.807, 2.05) is 19.1 Å². The van der Waals surface area contributed by atoms with Crippen molar-refractivity contribution in [1.82, 2.24) is 10.4 Å². The summed E-state index contributed by atoms with van der Waals surface area (Å²) >= 11 is 3.38.